The third-order valence-corrected chi connectivity index (χ3v) is 2.99. The van der Waals surface area contributed by atoms with Crippen LogP contribution in [-0.2, 0) is 12.0 Å². The molecule has 0 aliphatic rings. The first-order chi connectivity index (χ1) is 8.64. The second-order valence-corrected chi connectivity index (χ2v) is 4.37. The molecular formula is C14H17N3O. The molecule has 1 unspecified atom stereocenters. The monoisotopic (exact) mass is 243 g/mol. The van der Waals surface area contributed by atoms with Gasteiger partial charge in [0.2, 0.25) is 0 Å². The van der Waals surface area contributed by atoms with Crippen molar-refractivity contribution in [2.24, 2.45) is 5.73 Å². The summed E-state index contributed by atoms with van der Waals surface area (Å²) in [6.45, 7) is 0.152. The average Bonchev–Trinajstić information content (AvgIpc) is 2.39. The molecule has 5 N–H and O–H groups in total. The van der Waals surface area contributed by atoms with Crippen LogP contribution in [0.2, 0.25) is 0 Å². The second-order valence-electron chi connectivity index (χ2n) is 4.37. The Morgan fingerprint density at radius 1 is 1.17 bits per heavy atom. The van der Waals surface area contributed by atoms with E-state index >= 15 is 0 Å². The van der Waals surface area contributed by atoms with Crippen LogP contribution in [0.4, 0.5) is 5.82 Å². The minimum Gasteiger partial charge on any atom is -0.384 e. The van der Waals surface area contributed by atoms with Crippen LogP contribution >= 0.6 is 0 Å². The van der Waals surface area contributed by atoms with Gasteiger partial charge in [0.1, 0.15) is 11.4 Å². The Bertz CT molecular complexity index is 515. The van der Waals surface area contributed by atoms with Gasteiger partial charge in [-0.15, -0.1) is 0 Å². The fourth-order valence-electron chi connectivity index (χ4n) is 1.98. The highest BCUT2D eigenvalue weighted by Gasteiger charge is 2.27. The zero-order valence-electron chi connectivity index (χ0n) is 10.1. The van der Waals surface area contributed by atoms with Crippen molar-refractivity contribution >= 4 is 5.82 Å². The van der Waals surface area contributed by atoms with Gasteiger partial charge in [-0.25, -0.2) is 4.98 Å². The smallest absolute Gasteiger partial charge is 0.123 e. The summed E-state index contributed by atoms with van der Waals surface area (Å²) in [7, 11) is 0. The van der Waals surface area contributed by atoms with Gasteiger partial charge in [0.05, 0.1) is 0 Å². The highest BCUT2D eigenvalue weighted by atomic mass is 16.3. The van der Waals surface area contributed by atoms with Crippen molar-refractivity contribution in [2.75, 3.05) is 12.3 Å². The van der Waals surface area contributed by atoms with Crippen molar-refractivity contribution in [3.63, 3.8) is 0 Å². The van der Waals surface area contributed by atoms with Crippen LogP contribution < -0.4 is 11.5 Å². The molecule has 1 aromatic heterocycles. The maximum atomic E-state index is 10.6. The van der Waals surface area contributed by atoms with Gasteiger partial charge in [-0.3, -0.25) is 0 Å². The number of aliphatic hydroxyl groups is 1. The molecule has 4 heteroatoms. The van der Waals surface area contributed by atoms with E-state index in [1.165, 1.54) is 0 Å². The van der Waals surface area contributed by atoms with Gasteiger partial charge in [-0.1, -0.05) is 30.3 Å². The van der Waals surface area contributed by atoms with Gasteiger partial charge in [-0.2, -0.15) is 0 Å². The van der Waals surface area contributed by atoms with Crippen LogP contribution in [-0.4, -0.2) is 16.6 Å². The van der Waals surface area contributed by atoms with Gasteiger partial charge in [0.25, 0.3) is 0 Å². The molecule has 2 aromatic rings. The Morgan fingerprint density at radius 2 is 1.89 bits per heavy atom. The Hall–Kier alpha value is -1.91. The highest BCUT2D eigenvalue weighted by Crippen LogP contribution is 2.24. The molecule has 4 nitrogen and oxygen atoms in total. The molecular weight excluding hydrogens is 226 g/mol. The molecule has 0 saturated heterocycles. The summed E-state index contributed by atoms with van der Waals surface area (Å²) in [5.74, 6) is 0.444. The Balaban J connectivity index is 2.29. The third kappa shape index (κ3) is 2.67. The van der Waals surface area contributed by atoms with Crippen molar-refractivity contribution < 1.29 is 5.11 Å². The summed E-state index contributed by atoms with van der Waals surface area (Å²) in [4.78, 5) is 3.93. The summed E-state index contributed by atoms with van der Waals surface area (Å²) in [5.41, 5.74) is 12.0. The first kappa shape index (κ1) is 12.5. The minimum atomic E-state index is -1.07. The molecule has 0 fully saturated rings. The zero-order chi connectivity index (χ0) is 13.0. The van der Waals surface area contributed by atoms with E-state index < -0.39 is 5.60 Å². The van der Waals surface area contributed by atoms with Crippen molar-refractivity contribution in [1.29, 1.82) is 0 Å². The van der Waals surface area contributed by atoms with Gasteiger partial charge in [0, 0.05) is 19.2 Å². The quantitative estimate of drug-likeness (QED) is 0.749. The van der Waals surface area contributed by atoms with Crippen molar-refractivity contribution in [3.8, 4) is 0 Å². The number of pyridine rings is 1. The lowest BCUT2D eigenvalue weighted by Gasteiger charge is -2.27. The average molecular weight is 243 g/mol. The summed E-state index contributed by atoms with van der Waals surface area (Å²) in [5, 5.41) is 10.6. The van der Waals surface area contributed by atoms with E-state index in [2.05, 4.69) is 4.98 Å². The van der Waals surface area contributed by atoms with E-state index in [9.17, 15) is 5.11 Å². The highest BCUT2D eigenvalue weighted by molar-refractivity contribution is 5.34. The van der Waals surface area contributed by atoms with Crippen molar-refractivity contribution in [1.82, 2.24) is 4.98 Å². The van der Waals surface area contributed by atoms with Crippen LogP contribution in [0.5, 0.6) is 0 Å². The fourth-order valence-corrected chi connectivity index (χ4v) is 1.98. The van der Waals surface area contributed by atoms with E-state index in [0.717, 1.165) is 11.1 Å². The summed E-state index contributed by atoms with van der Waals surface area (Å²) in [6, 6.07) is 13.0. The maximum absolute atomic E-state index is 10.6. The van der Waals surface area contributed by atoms with Gasteiger partial charge in [0.15, 0.2) is 0 Å². The molecule has 0 saturated carbocycles. The largest absolute Gasteiger partial charge is 0.384 e. The molecule has 0 radical (unpaired) electrons. The lowest BCUT2D eigenvalue weighted by molar-refractivity contribution is 0.0463. The number of nitrogen functional groups attached to an aromatic ring is 1. The van der Waals surface area contributed by atoms with E-state index in [1.807, 2.05) is 36.4 Å². The molecule has 0 aliphatic carbocycles. The SMILES string of the molecule is NCC(O)(Cc1ccnc(N)c1)c1ccccc1. The molecule has 0 spiro atoms. The summed E-state index contributed by atoms with van der Waals surface area (Å²) in [6.07, 6.45) is 2.05. The topological polar surface area (TPSA) is 85.2 Å². The van der Waals surface area contributed by atoms with E-state index in [0.29, 0.717) is 12.2 Å². The fraction of sp³-hybridized carbons (Fsp3) is 0.214. The third-order valence-electron chi connectivity index (χ3n) is 2.99. The number of nitrogens with zero attached hydrogens (tertiary/aromatic N) is 1. The lowest BCUT2D eigenvalue weighted by atomic mass is 9.87. The molecule has 94 valence electrons. The molecule has 1 aromatic carbocycles. The molecule has 1 heterocycles. The molecule has 2 rings (SSSR count). The van der Waals surface area contributed by atoms with E-state index in [4.69, 9.17) is 11.5 Å². The summed E-state index contributed by atoms with van der Waals surface area (Å²) < 4.78 is 0. The van der Waals surface area contributed by atoms with Gasteiger partial charge in [-0.05, 0) is 23.3 Å². The number of nitrogens with two attached hydrogens (primary N) is 2. The number of hydrogen-bond donors (Lipinski definition) is 3. The predicted molar refractivity (Wildman–Crippen MR) is 71.7 cm³/mol. The Morgan fingerprint density at radius 3 is 2.50 bits per heavy atom. The first-order valence-electron chi connectivity index (χ1n) is 5.82. The van der Waals surface area contributed by atoms with Crippen LogP contribution in [0.1, 0.15) is 11.1 Å². The van der Waals surface area contributed by atoms with E-state index in [-0.39, 0.29) is 6.54 Å². The van der Waals surface area contributed by atoms with E-state index in [1.54, 1.807) is 12.3 Å². The predicted octanol–water partition coefficient (Wildman–Crippen LogP) is 1.05. The number of hydrogen-bond acceptors (Lipinski definition) is 4. The maximum Gasteiger partial charge on any atom is 0.123 e. The molecule has 1 atom stereocenters. The number of rotatable bonds is 4. The molecule has 0 bridgehead atoms. The standard InChI is InChI=1S/C14H17N3O/c15-10-14(18,12-4-2-1-3-5-12)9-11-6-7-17-13(16)8-11/h1-8,18H,9-10,15H2,(H2,16,17). The molecule has 18 heavy (non-hydrogen) atoms. The van der Waals surface area contributed by atoms with Crippen molar-refractivity contribution in [3.05, 3.63) is 59.8 Å². The van der Waals surface area contributed by atoms with Crippen LogP contribution in [0.15, 0.2) is 48.7 Å². The van der Waals surface area contributed by atoms with Gasteiger partial charge < -0.3 is 16.6 Å². The second kappa shape index (κ2) is 5.16. The minimum absolute atomic E-state index is 0.152. The lowest BCUT2D eigenvalue weighted by Crippen LogP contribution is -2.37. The molecule has 0 amide bonds. The molecule has 0 aliphatic heterocycles. The summed E-state index contributed by atoms with van der Waals surface area (Å²) >= 11 is 0. The Kier molecular flexibility index (Phi) is 3.60. The van der Waals surface area contributed by atoms with Crippen molar-refractivity contribution in [2.45, 2.75) is 12.0 Å². The Labute approximate surface area is 106 Å². The number of aromatic nitrogens is 1. The zero-order valence-corrected chi connectivity index (χ0v) is 10.1. The number of anilines is 1. The number of benzene rings is 1. The van der Waals surface area contributed by atoms with Crippen LogP contribution in [0.25, 0.3) is 0 Å². The first-order valence-corrected chi connectivity index (χ1v) is 5.82. The van der Waals surface area contributed by atoms with Crippen LogP contribution in [0.3, 0.4) is 0 Å². The van der Waals surface area contributed by atoms with Crippen LogP contribution in [0, 0.1) is 0 Å². The normalized spacial score (nSPS) is 14.1. The van der Waals surface area contributed by atoms with Gasteiger partial charge >= 0.3 is 0 Å².